The average Bonchev–Trinajstić information content (AvgIpc) is 3.33. The number of aliphatic carboxylic acids is 1. The standard InChI is InChI=1S/C28H30N6O2/c1-20(34-18-22-7-5-6-8-23(22)19-34)15-26(31-14-12-27(35)36)33-28(29)25-16-21(11-13-30-25)17-32-24-9-3-2-4-10-24/h2-11,13,15-16,31-32H,1,12,14,17-19H2,(H2,29,33)(H,35,36)/b26-15-. The van der Waals surface area contributed by atoms with Gasteiger partial charge >= 0.3 is 5.97 Å². The lowest BCUT2D eigenvalue weighted by atomic mass is 10.1. The third-order valence-electron chi connectivity index (χ3n) is 5.79. The zero-order valence-electron chi connectivity index (χ0n) is 20.0. The Bertz CT molecular complexity index is 1260. The van der Waals surface area contributed by atoms with Crippen LogP contribution in [-0.4, -0.2) is 33.3 Å². The van der Waals surface area contributed by atoms with Gasteiger partial charge in [-0.2, -0.15) is 0 Å². The van der Waals surface area contributed by atoms with Crippen molar-refractivity contribution in [3.8, 4) is 0 Å². The molecule has 184 valence electrons. The normalized spacial score (nSPS) is 13.3. The highest BCUT2D eigenvalue weighted by Crippen LogP contribution is 2.26. The third-order valence-corrected chi connectivity index (χ3v) is 5.79. The molecule has 0 radical (unpaired) electrons. The van der Waals surface area contributed by atoms with Crippen molar-refractivity contribution >= 4 is 17.5 Å². The Morgan fingerprint density at radius 3 is 2.50 bits per heavy atom. The number of amidine groups is 1. The van der Waals surface area contributed by atoms with Crippen LogP contribution in [0.5, 0.6) is 0 Å². The zero-order chi connectivity index (χ0) is 25.3. The van der Waals surface area contributed by atoms with Crippen LogP contribution in [0.25, 0.3) is 0 Å². The van der Waals surface area contributed by atoms with Crippen LogP contribution in [-0.2, 0) is 24.4 Å². The highest BCUT2D eigenvalue weighted by molar-refractivity contribution is 5.96. The van der Waals surface area contributed by atoms with E-state index in [-0.39, 0.29) is 18.8 Å². The van der Waals surface area contributed by atoms with E-state index in [0.29, 0.717) is 18.1 Å². The number of aliphatic imine (C=N–C) groups is 1. The number of rotatable bonds is 11. The SMILES string of the molecule is C=C(/C=C(\N=C(N)c1cc(CNc2ccccc2)ccn1)NCCC(=O)O)N1Cc2ccccc2C1. The van der Waals surface area contributed by atoms with Gasteiger partial charge in [0.1, 0.15) is 11.5 Å². The number of hydrogen-bond donors (Lipinski definition) is 4. The predicted octanol–water partition coefficient (Wildman–Crippen LogP) is 3.83. The molecule has 5 N–H and O–H groups in total. The van der Waals surface area contributed by atoms with Crippen LogP contribution >= 0.6 is 0 Å². The van der Waals surface area contributed by atoms with E-state index in [9.17, 15) is 4.79 Å². The van der Waals surface area contributed by atoms with Gasteiger partial charge in [0, 0.05) is 49.8 Å². The van der Waals surface area contributed by atoms with Crippen molar-refractivity contribution in [2.45, 2.75) is 26.1 Å². The van der Waals surface area contributed by atoms with Crippen molar-refractivity contribution in [3.05, 3.63) is 119 Å². The Morgan fingerprint density at radius 2 is 1.81 bits per heavy atom. The maximum atomic E-state index is 11.0. The molecule has 1 aliphatic rings. The molecular formula is C28H30N6O2. The number of anilines is 1. The van der Waals surface area contributed by atoms with Crippen molar-refractivity contribution in [1.82, 2.24) is 15.2 Å². The van der Waals surface area contributed by atoms with Crippen LogP contribution in [0.3, 0.4) is 0 Å². The summed E-state index contributed by atoms with van der Waals surface area (Å²) in [5.41, 5.74) is 12.2. The highest BCUT2D eigenvalue weighted by Gasteiger charge is 2.18. The van der Waals surface area contributed by atoms with Crippen molar-refractivity contribution < 1.29 is 9.90 Å². The summed E-state index contributed by atoms with van der Waals surface area (Å²) in [4.78, 5) is 22.1. The second-order valence-corrected chi connectivity index (χ2v) is 8.48. The molecule has 1 aromatic heterocycles. The number of carbonyl (C=O) groups is 1. The number of benzene rings is 2. The average molecular weight is 483 g/mol. The Morgan fingerprint density at radius 1 is 1.11 bits per heavy atom. The summed E-state index contributed by atoms with van der Waals surface area (Å²) in [7, 11) is 0. The van der Waals surface area contributed by atoms with Crippen LogP contribution in [0.4, 0.5) is 5.69 Å². The fourth-order valence-electron chi connectivity index (χ4n) is 3.88. The predicted molar refractivity (Wildman–Crippen MR) is 142 cm³/mol. The lowest BCUT2D eigenvalue weighted by molar-refractivity contribution is -0.136. The van der Waals surface area contributed by atoms with Crippen molar-refractivity contribution in [1.29, 1.82) is 0 Å². The van der Waals surface area contributed by atoms with E-state index < -0.39 is 5.97 Å². The number of nitrogens with one attached hydrogen (secondary N) is 2. The molecule has 8 nitrogen and oxygen atoms in total. The first-order valence-electron chi connectivity index (χ1n) is 11.7. The quantitative estimate of drug-likeness (QED) is 0.186. The highest BCUT2D eigenvalue weighted by atomic mass is 16.4. The molecule has 0 atom stereocenters. The van der Waals surface area contributed by atoms with Crippen LogP contribution in [0, 0.1) is 0 Å². The maximum Gasteiger partial charge on any atom is 0.305 e. The molecule has 36 heavy (non-hydrogen) atoms. The van der Waals surface area contributed by atoms with E-state index in [2.05, 4.69) is 44.2 Å². The first-order valence-corrected chi connectivity index (χ1v) is 11.7. The molecule has 0 spiro atoms. The monoisotopic (exact) mass is 482 g/mol. The number of nitrogens with two attached hydrogens (primary N) is 1. The second-order valence-electron chi connectivity index (χ2n) is 8.48. The fraction of sp³-hybridized carbons (Fsp3) is 0.179. The number of hydrogen-bond acceptors (Lipinski definition) is 6. The van der Waals surface area contributed by atoms with Gasteiger partial charge in [-0.05, 0) is 41.0 Å². The molecule has 0 amide bonds. The minimum absolute atomic E-state index is 0.0483. The molecule has 3 aromatic rings. The number of para-hydroxylation sites is 1. The lowest BCUT2D eigenvalue weighted by Gasteiger charge is -2.19. The summed E-state index contributed by atoms with van der Waals surface area (Å²) in [6.07, 6.45) is 3.44. The molecule has 2 heterocycles. The van der Waals surface area contributed by atoms with E-state index in [0.717, 1.165) is 30.0 Å². The molecule has 0 bridgehead atoms. The minimum atomic E-state index is -0.895. The summed E-state index contributed by atoms with van der Waals surface area (Å²) >= 11 is 0. The largest absolute Gasteiger partial charge is 0.481 e. The van der Waals surface area contributed by atoms with Gasteiger partial charge < -0.3 is 26.4 Å². The molecule has 8 heteroatoms. The van der Waals surface area contributed by atoms with E-state index in [4.69, 9.17) is 10.8 Å². The smallest absolute Gasteiger partial charge is 0.305 e. The Kier molecular flexibility index (Phi) is 7.97. The molecule has 2 aromatic carbocycles. The van der Waals surface area contributed by atoms with Gasteiger partial charge in [-0.3, -0.25) is 9.78 Å². The molecule has 0 aliphatic carbocycles. The number of allylic oxidation sites excluding steroid dienone is 1. The van der Waals surface area contributed by atoms with Gasteiger partial charge in [-0.15, -0.1) is 0 Å². The maximum absolute atomic E-state index is 11.0. The van der Waals surface area contributed by atoms with Crippen molar-refractivity contribution in [3.63, 3.8) is 0 Å². The molecule has 0 saturated carbocycles. The third kappa shape index (κ3) is 6.73. The summed E-state index contributed by atoms with van der Waals surface area (Å²) < 4.78 is 0. The Labute approximate surface area is 210 Å². The van der Waals surface area contributed by atoms with Crippen LogP contribution < -0.4 is 16.4 Å². The lowest BCUT2D eigenvalue weighted by Crippen LogP contribution is -2.23. The van der Waals surface area contributed by atoms with Gasteiger partial charge in [0.25, 0.3) is 0 Å². The van der Waals surface area contributed by atoms with Crippen molar-refractivity contribution in [2.75, 3.05) is 11.9 Å². The Hall–Kier alpha value is -4.59. The molecule has 0 fully saturated rings. The Balaban J connectivity index is 1.49. The minimum Gasteiger partial charge on any atom is -0.481 e. The summed E-state index contributed by atoms with van der Waals surface area (Å²) in [6.45, 7) is 6.54. The topological polar surface area (TPSA) is 116 Å². The second kappa shape index (κ2) is 11.7. The zero-order valence-corrected chi connectivity index (χ0v) is 20.0. The molecule has 1 aliphatic heterocycles. The summed E-state index contributed by atoms with van der Waals surface area (Å²) in [6, 6.07) is 22.0. The first-order chi connectivity index (χ1) is 17.5. The van der Waals surface area contributed by atoms with E-state index in [1.54, 1.807) is 12.3 Å². The number of nitrogens with zero attached hydrogens (tertiary/aromatic N) is 3. The van der Waals surface area contributed by atoms with Gasteiger partial charge in [-0.25, -0.2) is 4.99 Å². The first kappa shape index (κ1) is 24.5. The van der Waals surface area contributed by atoms with Crippen LogP contribution in [0.2, 0.25) is 0 Å². The fourth-order valence-corrected chi connectivity index (χ4v) is 3.88. The van der Waals surface area contributed by atoms with E-state index >= 15 is 0 Å². The summed E-state index contributed by atoms with van der Waals surface area (Å²) in [5.74, 6) is -0.236. The van der Waals surface area contributed by atoms with E-state index in [1.807, 2.05) is 54.6 Å². The van der Waals surface area contributed by atoms with Gasteiger partial charge in [0.15, 0.2) is 5.84 Å². The molecule has 0 unspecified atom stereocenters. The van der Waals surface area contributed by atoms with Crippen molar-refractivity contribution in [2.24, 2.45) is 10.7 Å². The number of pyridine rings is 1. The number of fused-ring (bicyclic) bond motifs is 1. The summed E-state index contributed by atoms with van der Waals surface area (Å²) in [5, 5.41) is 15.5. The van der Waals surface area contributed by atoms with Crippen LogP contribution in [0.15, 0.2) is 102 Å². The van der Waals surface area contributed by atoms with Gasteiger partial charge in [0.05, 0.1) is 6.42 Å². The molecule has 0 saturated heterocycles. The molecular weight excluding hydrogens is 452 g/mol. The van der Waals surface area contributed by atoms with E-state index in [1.165, 1.54) is 11.1 Å². The number of carboxylic acids is 1. The van der Waals surface area contributed by atoms with Gasteiger partial charge in [-0.1, -0.05) is 49.0 Å². The van der Waals surface area contributed by atoms with Gasteiger partial charge in [0.2, 0.25) is 0 Å². The molecule has 4 rings (SSSR count). The van der Waals surface area contributed by atoms with Crippen LogP contribution in [0.1, 0.15) is 28.8 Å². The number of carboxylic acid groups (broad SMARTS) is 1. The number of aromatic nitrogens is 1.